The van der Waals surface area contributed by atoms with E-state index in [1.165, 1.54) is 5.56 Å². The van der Waals surface area contributed by atoms with Crippen LogP contribution in [-0.2, 0) is 9.59 Å². The number of ether oxygens (including phenoxy) is 3. The van der Waals surface area contributed by atoms with Crippen molar-refractivity contribution >= 4 is 33.4 Å². The molecule has 0 bridgehead atoms. The number of benzene rings is 3. The molecular weight excluding hydrogens is 572 g/mol. The Labute approximate surface area is 244 Å². The fourth-order valence-corrected chi connectivity index (χ4v) is 6.41. The van der Waals surface area contributed by atoms with Crippen molar-refractivity contribution in [1.29, 1.82) is 0 Å². The van der Waals surface area contributed by atoms with Crippen molar-refractivity contribution in [2.45, 2.75) is 44.2 Å². The standard InChI is InChI=1S/C32H35BrN2O5/c1-20-17-23(21-5-8-24(33)9-6-21)19-34(20)32(37)27-14-16-30(36)35(25-10-12-26(38-2)13-11-25)31(27)22-7-15-28(39-3)29(18-22)40-4/h5-13,15,18,20,23,27,31H,14,16-17,19H2,1-4H3. The Hall–Kier alpha value is -3.52. The zero-order valence-corrected chi connectivity index (χ0v) is 24.9. The maximum absolute atomic E-state index is 14.4. The van der Waals surface area contributed by atoms with E-state index >= 15 is 0 Å². The van der Waals surface area contributed by atoms with Crippen LogP contribution in [0.1, 0.15) is 49.3 Å². The minimum atomic E-state index is -0.499. The van der Waals surface area contributed by atoms with Crippen LogP contribution in [0.2, 0.25) is 0 Å². The molecule has 210 valence electrons. The average molecular weight is 608 g/mol. The maximum atomic E-state index is 14.4. The van der Waals surface area contributed by atoms with Gasteiger partial charge in [-0.15, -0.1) is 0 Å². The summed E-state index contributed by atoms with van der Waals surface area (Å²) in [4.78, 5) is 31.7. The van der Waals surface area contributed by atoms with Crippen molar-refractivity contribution in [3.05, 3.63) is 82.3 Å². The Kier molecular flexibility index (Phi) is 8.35. The number of rotatable bonds is 7. The monoisotopic (exact) mass is 606 g/mol. The van der Waals surface area contributed by atoms with E-state index in [9.17, 15) is 9.59 Å². The van der Waals surface area contributed by atoms with Crippen molar-refractivity contribution in [1.82, 2.24) is 4.90 Å². The number of halogens is 1. The molecular formula is C32H35BrN2O5. The summed E-state index contributed by atoms with van der Waals surface area (Å²) >= 11 is 3.52. The molecule has 7 nitrogen and oxygen atoms in total. The smallest absolute Gasteiger partial charge is 0.228 e. The Balaban J connectivity index is 1.52. The van der Waals surface area contributed by atoms with Crippen LogP contribution >= 0.6 is 15.9 Å². The quantitative estimate of drug-likeness (QED) is 0.313. The molecule has 40 heavy (non-hydrogen) atoms. The number of piperidine rings is 1. The van der Waals surface area contributed by atoms with Crippen LogP contribution in [0.25, 0.3) is 0 Å². The van der Waals surface area contributed by atoms with Crippen molar-refractivity contribution in [3.63, 3.8) is 0 Å². The average Bonchev–Trinajstić information content (AvgIpc) is 3.38. The summed E-state index contributed by atoms with van der Waals surface area (Å²) in [5.41, 5.74) is 2.79. The van der Waals surface area contributed by atoms with Crippen molar-refractivity contribution in [3.8, 4) is 17.2 Å². The molecule has 3 aromatic carbocycles. The number of hydrogen-bond donors (Lipinski definition) is 0. The van der Waals surface area contributed by atoms with Gasteiger partial charge in [-0.1, -0.05) is 34.1 Å². The molecule has 2 aliphatic rings. The van der Waals surface area contributed by atoms with E-state index in [1.54, 1.807) is 26.2 Å². The summed E-state index contributed by atoms with van der Waals surface area (Å²) in [6.07, 6.45) is 1.68. The summed E-state index contributed by atoms with van der Waals surface area (Å²) in [6.45, 7) is 2.78. The molecule has 2 amide bonds. The molecule has 3 aromatic rings. The molecule has 4 atom stereocenters. The second-order valence-corrected chi connectivity index (χ2v) is 11.4. The molecule has 0 aromatic heterocycles. The second kappa shape index (κ2) is 11.9. The Morgan fingerprint density at radius 2 is 1.55 bits per heavy atom. The van der Waals surface area contributed by atoms with E-state index in [0.717, 1.165) is 22.1 Å². The minimum Gasteiger partial charge on any atom is -0.497 e. The highest BCUT2D eigenvalue weighted by atomic mass is 79.9. The molecule has 2 fully saturated rings. The van der Waals surface area contributed by atoms with Gasteiger partial charge in [0.2, 0.25) is 11.8 Å². The normalized spacial score (nSPS) is 22.8. The molecule has 2 heterocycles. The summed E-state index contributed by atoms with van der Waals surface area (Å²) in [5.74, 6) is 1.78. The van der Waals surface area contributed by atoms with Gasteiger partial charge in [-0.05, 0) is 79.4 Å². The fourth-order valence-electron chi connectivity index (χ4n) is 6.14. The lowest BCUT2D eigenvalue weighted by molar-refractivity contribution is -0.139. The van der Waals surface area contributed by atoms with Crippen LogP contribution in [0.4, 0.5) is 5.69 Å². The van der Waals surface area contributed by atoms with Crippen molar-refractivity contribution in [2.24, 2.45) is 5.92 Å². The molecule has 2 aliphatic heterocycles. The molecule has 0 spiro atoms. The number of methoxy groups -OCH3 is 3. The molecule has 0 aliphatic carbocycles. The van der Waals surface area contributed by atoms with E-state index in [0.29, 0.717) is 36.6 Å². The van der Waals surface area contributed by atoms with Crippen LogP contribution in [0.15, 0.2) is 71.2 Å². The molecule has 4 unspecified atom stereocenters. The molecule has 0 saturated carbocycles. The lowest BCUT2D eigenvalue weighted by Crippen LogP contribution is -2.50. The Bertz CT molecular complexity index is 1360. The number of carbonyl (C=O) groups is 2. The number of hydrogen-bond acceptors (Lipinski definition) is 5. The van der Waals surface area contributed by atoms with Crippen molar-refractivity contribution in [2.75, 3.05) is 32.8 Å². The first-order chi connectivity index (χ1) is 19.3. The SMILES string of the molecule is COc1ccc(N2C(=O)CCC(C(=O)N3CC(c4ccc(Br)cc4)CC3C)C2c2ccc(OC)c(OC)c2)cc1. The molecule has 5 rings (SSSR count). The predicted octanol–water partition coefficient (Wildman–Crippen LogP) is 6.36. The zero-order chi connectivity index (χ0) is 28.4. The van der Waals surface area contributed by atoms with Crippen LogP contribution in [-0.4, -0.2) is 50.6 Å². The van der Waals surface area contributed by atoms with Gasteiger partial charge in [0, 0.05) is 35.1 Å². The highest BCUT2D eigenvalue weighted by Crippen LogP contribution is 2.44. The summed E-state index contributed by atoms with van der Waals surface area (Å²) in [6, 6.07) is 21.0. The largest absolute Gasteiger partial charge is 0.497 e. The van der Waals surface area contributed by atoms with Gasteiger partial charge < -0.3 is 24.0 Å². The maximum Gasteiger partial charge on any atom is 0.228 e. The molecule has 2 saturated heterocycles. The topological polar surface area (TPSA) is 68.3 Å². The first-order valence-electron chi connectivity index (χ1n) is 13.6. The van der Waals surface area contributed by atoms with Crippen molar-refractivity contribution < 1.29 is 23.8 Å². The third kappa shape index (κ3) is 5.42. The number of anilines is 1. The lowest BCUT2D eigenvalue weighted by atomic mass is 9.82. The summed E-state index contributed by atoms with van der Waals surface area (Å²) in [5, 5.41) is 0. The first kappa shape index (κ1) is 28.0. The zero-order valence-electron chi connectivity index (χ0n) is 23.3. The van der Waals surface area contributed by atoms with Crippen LogP contribution in [0.3, 0.4) is 0 Å². The van der Waals surface area contributed by atoms with Gasteiger partial charge in [-0.3, -0.25) is 9.59 Å². The minimum absolute atomic E-state index is 0.0174. The van der Waals surface area contributed by atoms with Gasteiger partial charge in [0.05, 0.1) is 33.3 Å². The van der Waals surface area contributed by atoms with E-state index in [2.05, 4.69) is 47.1 Å². The number of likely N-dealkylation sites (tertiary alicyclic amines) is 1. The van der Waals surface area contributed by atoms with Gasteiger partial charge in [-0.25, -0.2) is 0 Å². The van der Waals surface area contributed by atoms with Gasteiger partial charge >= 0.3 is 0 Å². The fraction of sp³-hybridized carbons (Fsp3) is 0.375. The van der Waals surface area contributed by atoms with Gasteiger partial charge in [0.25, 0.3) is 0 Å². The highest BCUT2D eigenvalue weighted by Gasteiger charge is 2.45. The number of nitrogens with zero attached hydrogens (tertiary/aromatic N) is 2. The number of carbonyl (C=O) groups excluding carboxylic acids is 2. The predicted molar refractivity (Wildman–Crippen MR) is 158 cm³/mol. The van der Waals surface area contributed by atoms with Gasteiger partial charge in [0.1, 0.15) is 5.75 Å². The van der Waals surface area contributed by atoms with Gasteiger partial charge in [-0.2, -0.15) is 0 Å². The molecule has 0 N–H and O–H groups in total. The van der Waals surface area contributed by atoms with E-state index < -0.39 is 12.0 Å². The molecule has 8 heteroatoms. The second-order valence-electron chi connectivity index (χ2n) is 10.5. The van der Waals surface area contributed by atoms with Gasteiger partial charge in [0.15, 0.2) is 11.5 Å². The summed E-state index contributed by atoms with van der Waals surface area (Å²) < 4.78 is 17.5. The van der Waals surface area contributed by atoms with Crippen LogP contribution in [0, 0.1) is 5.92 Å². The van der Waals surface area contributed by atoms with E-state index in [-0.39, 0.29) is 23.8 Å². The summed E-state index contributed by atoms with van der Waals surface area (Å²) in [7, 11) is 4.79. The van der Waals surface area contributed by atoms with E-state index in [4.69, 9.17) is 14.2 Å². The third-order valence-electron chi connectivity index (χ3n) is 8.21. The lowest BCUT2D eigenvalue weighted by Gasteiger charge is -2.42. The molecule has 0 radical (unpaired) electrons. The highest BCUT2D eigenvalue weighted by molar-refractivity contribution is 9.10. The van der Waals surface area contributed by atoms with E-state index in [1.807, 2.05) is 47.4 Å². The first-order valence-corrected chi connectivity index (χ1v) is 14.4. The number of amides is 2. The third-order valence-corrected chi connectivity index (χ3v) is 8.74. The van der Waals surface area contributed by atoms with Crippen LogP contribution < -0.4 is 19.1 Å². The Morgan fingerprint density at radius 3 is 2.20 bits per heavy atom. The Morgan fingerprint density at radius 1 is 0.875 bits per heavy atom. The van der Waals surface area contributed by atoms with Crippen LogP contribution in [0.5, 0.6) is 17.2 Å².